The smallest absolute Gasteiger partial charge is 0.316 e. The molecule has 1 aromatic carbocycles. The molecule has 0 bridgehead atoms. The Morgan fingerprint density at radius 3 is 2.61 bits per heavy atom. The lowest BCUT2D eigenvalue weighted by molar-refractivity contribution is -0.151. The molecule has 1 rings (SSSR count). The van der Waals surface area contributed by atoms with E-state index in [1.807, 2.05) is 45.9 Å². The quantitative estimate of drug-likeness (QED) is 0.477. The van der Waals surface area contributed by atoms with Crippen molar-refractivity contribution in [2.75, 3.05) is 5.75 Å². The summed E-state index contributed by atoms with van der Waals surface area (Å²) in [5, 5.41) is 0. The minimum atomic E-state index is -0.474. The number of aryl methyl sites for hydroxylation is 1. The summed E-state index contributed by atoms with van der Waals surface area (Å²) in [5.74, 6) is -0.0637. The molecule has 3 nitrogen and oxygen atoms in total. The minimum absolute atomic E-state index is 0.209. The van der Waals surface area contributed by atoms with Gasteiger partial charge in [-0.3, -0.25) is 9.59 Å². The lowest BCUT2D eigenvalue weighted by atomic mass is 10.2. The average Bonchev–Trinajstić information content (AvgIpc) is 2.24. The Morgan fingerprint density at radius 1 is 1.39 bits per heavy atom. The third kappa shape index (κ3) is 4.92. The fraction of sp³-hybridized carbons (Fsp3) is 0.429. The zero-order chi connectivity index (χ0) is 13.8. The molecule has 0 unspecified atom stereocenters. The number of carbonyl (C=O) groups is 2. The maximum absolute atomic E-state index is 11.6. The molecule has 0 radical (unpaired) electrons. The second kappa shape index (κ2) is 6.05. The first-order valence-electron chi connectivity index (χ1n) is 5.72. The number of hydrogen-bond acceptors (Lipinski definition) is 4. The molecule has 0 aromatic heterocycles. The van der Waals surface area contributed by atoms with Crippen molar-refractivity contribution in [3.8, 4) is 0 Å². The maximum atomic E-state index is 11.6. The standard InChI is InChI=1S/C14H18O3S/c1-10-5-6-12(11(7-10)8-15)18-9-13(16)17-14(2,3)4/h5-8H,9H2,1-4H3. The van der Waals surface area contributed by atoms with E-state index in [1.54, 1.807) is 0 Å². The van der Waals surface area contributed by atoms with Gasteiger partial charge < -0.3 is 4.74 Å². The molecule has 0 aliphatic rings. The maximum Gasteiger partial charge on any atom is 0.316 e. The zero-order valence-corrected chi connectivity index (χ0v) is 12.0. The molecule has 0 amide bonds. The van der Waals surface area contributed by atoms with E-state index in [9.17, 15) is 9.59 Å². The van der Waals surface area contributed by atoms with Gasteiger partial charge in [0.1, 0.15) is 5.60 Å². The number of aldehydes is 1. The number of hydrogen-bond donors (Lipinski definition) is 0. The predicted octanol–water partition coefficient (Wildman–Crippen LogP) is 3.24. The fourth-order valence-electron chi connectivity index (χ4n) is 1.40. The Hall–Kier alpha value is -1.29. The van der Waals surface area contributed by atoms with Gasteiger partial charge in [0.05, 0.1) is 5.75 Å². The molecule has 18 heavy (non-hydrogen) atoms. The summed E-state index contributed by atoms with van der Waals surface area (Å²) in [4.78, 5) is 23.3. The number of rotatable bonds is 4. The van der Waals surface area contributed by atoms with Crippen LogP contribution < -0.4 is 0 Å². The van der Waals surface area contributed by atoms with Gasteiger partial charge in [-0.1, -0.05) is 11.6 Å². The Balaban J connectivity index is 2.64. The van der Waals surface area contributed by atoms with Crippen LogP contribution in [0.3, 0.4) is 0 Å². The SMILES string of the molecule is Cc1ccc(SCC(=O)OC(C)(C)C)c(C=O)c1. The average molecular weight is 266 g/mol. The molecular weight excluding hydrogens is 248 g/mol. The van der Waals surface area contributed by atoms with Crippen molar-refractivity contribution in [1.29, 1.82) is 0 Å². The van der Waals surface area contributed by atoms with Crippen molar-refractivity contribution < 1.29 is 14.3 Å². The highest BCUT2D eigenvalue weighted by Crippen LogP contribution is 2.23. The van der Waals surface area contributed by atoms with Crippen LogP contribution in [0.4, 0.5) is 0 Å². The molecule has 0 saturated carbocycles. The second-order valence-electron chi connectivity index (χ2n) is 5.03. The second-order valence-corrected chi connectivity index (χ2v) is 6.05. The van der Waals surface area contributed by atoms with E-state index in [4.69, 9.17) is 4.74 Å². The van der Waals surface area contributed by atoms with Crippen molar-refractivity contribution in [3.63, 3.8) is 0 Å². The predicted molar refractivity (Wildman–Crippen MR) is 73.1 cm³/mol. The molecule has 0 aliphatic heterocycles. The summed E-state index contributed by atoms with van der Waals surface area (Å²) >= 11 is 1.32. The van der Waals surface area contributed by atoms with Gasteiger partial charge in [0.15, 0.2) is 6.29 Å². The van der Waals surface area contributed by atoms with Gasteiger partial charge in [-0.15, -0.1) is 11.8 Å². The first-order chi connectivity index (χ1) is 8.31. The summed E-state index contributed by atoms with van der Waals surface area (Å²) < 4.78 is 5.21. The lowest BCUT2D eigenvalue weighted by Gasteiger charge is -2.19. The highest BCUT2D eigenvalue weighted by Gasteiger charge is 2.16. The van der Waals surface area contributed by atoms with Crippen molar-refractivity contribution in [2.45, 2.75) is 38.2 Å². The molecule has 0 heterocycles. The molecule has 0 aliphatic carbocycles. The van der Waals surface area contributed by atoms with E-state index >= 15 is 0 Å². The number of thioether (sulfide) groups is 1. The van der Waals surface area contributed by atoms with Gasteiger partial charge >= 0.3 is 5.97 Å². The monoisotopic (exact) mass is 266 g/mol. The summed E-state index contributed by atoms with van der Waals surface area (Å²) in [5.41, 5.74) is 1.17. The van der Waals surface area contributed by atoms with Crippen LogP contribution in [0.15, 0.2) is 23.1 Å². The van der Waals surface area contributed by atoms with E-state index < -0.39 is 5.60 Å². The Bertz CT molecular complexity index is 447. The van der Waals surface area contributed by atoms with Crippen molar-refractivity contribution in [1.82, 2.24) is 0 Å². The minimum Gasteiger partial charge on any atom is -0.459 e. The summed E-state index contributed by atoms with van der Waals surface area (Å²) in [7, 11) is 0. The molecule has 4 heteroatoms. The van der Waals surface area contributed by atoms with Crippen LogP contribution in [-0.4, -0.2) is 23.6 Å². The van der Waals surface area contributed by atoms with Crippen LogP contribution >= 0.6 is 11.8 Å². The normalized spacial score (nSPS) is 11.1. The van der Waals surface area contributed by atoms with Crippen LogP contribution in [0, 0.1) is 6.92 Å². The topological polar surface area (TPSA) is 43.4 Å². The molecule has 0 saturated heterocycles. The Kier molecular flexibility index (Phi) is 4.96. The van der Waals surface area contributed by atoms with Gasteiger partial charge in [-0.25, -0.2) is 0 Å². The Labute approximate surface area is 112 Å². The summed E-state index contributed by atoms with van der Waals surface area (Å²) in [6, 6.07) is 5.59. The van der Waals surface area contributed by atoms with E-state index in [0.29, 0.717) is 5.56 Å². The molecular formula is C14H18O3S. The molecule has 1 aromatic rings. The van der Waals surface area contributed by atoms with Gasteiger partial charge in [0.2, 0.25) is 0 Å². The third-order valence-electron chi connectivity index (χ3n) is 2.06. The first kappa shape index (κ1) is 14.8. The van der Waals surface area contributed by atoms with E-state index in [-0.39, 0.29) is 11.7 Å². The largest absolute Gasteiger partial charge is 0.459 e. The number of esters is 1. The number of benzene rings is 1. The van der Waals surface area contributed by atoms with Crippen LogP contribution in [0.5, 0.6) is 0 Å². The van der Waals surface area contributed by atoms with Crippen LogP contribution in [0.2, 0.25) is 0 Å². The Morgan fingerprint density at radius 2 is 2.06 bits per heavy atom. The summed E-state index contributed by atoms with van der Waals surface area (Å²) in [6.45, 7) is 7.42. The van der Waals surface area contributed by atoms with Crippen molar-refractivity contribution >= 4 is 24.0 Å². The molecule has 0 fully saturated rings. The van der Waals surface area contributed by atoms with E-state index in [2.05, 4.69) is 0 Å². The summed E-state index contributed by atoms with van der Waals surface area (Å²) in [6.07, 6.45) is 0.810. The van der Waals surface area contributed by atoms with Crippen LogP contribution in [-0.2, 0) is 9.53 Å². The van der Waals surface area contributed by atoms with Crippen molar-refractivity contribution in [2.24, 2.45) is 0 Å². The molecule has 98 valence electrons. The van der Waals surface area contributed by atoms with Gasteiger partial charge in [0.25, 0.3) is 0 Å². The number of carbonyl (C=O) groups excluding carboxylic acids is 2. The van der Waals surface area contributed by atoms with E-state index in [1.165, 1.54) is 11.8 Å². The zero-order valence-electron chi connectivity index (χ0n) is 11.1. The molecule has 0 N–H and O–H groups in total. The van der Waals surface area contributed by atoms with Gasteiger partial charge in [-0.05, 0) is 39.8 Å². The van der Waals surface area contributed by atoms with Crippen molar-refractivity contribution in [3.05, 3.63) is 29.3 Å². The third-order valence-corrected chi connectivity index (χ3v) is 3.12. The van der Waals surface area contributed by atoms with Crippen LogP contribution in [0.1, 0.15) is 36.7 Å². The molecule has 0 atom stereocenters. The molecule has 0 spiro atoms. The fourth-order valence-corrected chi connectivity index (χ4v) is 2.17. The van der Waals surface area contributed by atoms with Crippen LogP contribution in [0.25, 0.3) is 0 Å². The van der Waals surface area contributed by atoms with E-state index in [0.717, 1.165) is 16.7 Å². The van der Waals surface area contributed by atoms with Gasteiger partial charge in [0, 0.05) is 10.5 Å². The first-order valence-corrected chi connectivity index (χ1v) is 6.71. The highest BCUT2D eigenvalue weighted by molar-refractivity contribution is 8.00. The van der Waals surface area contributed by atoms with Gasteiger partial charge in [-0.2, -0.15) is 0 Å². The number of ether oxygens (including phenoxy) is 1. The lowest BCUT2D eigenvalue weighted by Crippen LogP contribution is -2.24. The highest BCUT2D eigenvalue weighted by atomic mass is 32.2.